The number of ether oxygens (including phenoxy) is 2. The normalized spacial score (nSPS) is 18.6. The van der Waals surface area contributed by atoms with Crippen LogP contribution in [0, 0.1) is 0 Å². The van der Waals surface area contributed by atoms with E-state index in [2.05, 4.69) is 0 Å². The topological polar surface area (TPSA) is 76.1 Å². The largest absolute Gasteiger partial charge is 0.384 e. The van der Waals surface area contributed by atoms with Gasteiger partial charge in [0.05, 0.1) is 23.8 Å². The Balaban J connectivity index is 2.11. The van der Waals surface area contributed by atoms with Gasteiger partial charge >= 0.3 is 0 Å². The molecule has 0 aromatic heterocycles. The summed E-state index contributed by atoms with van der Waals surface area (Å²) in [4.78, 5) is 0.0871. The van der Waals surface area contributed by atoms with Crippen molar-refractivity contribution in [3.8, 4) is 0 Å². The van der Waals surface area contributed by atoms with Gasteiger partial charge in [-0.15, -0.1) is 0 Å². The molecule has 1 heterocycles. The van der Waals surface area contributed by atoms with Gasteiger partial charge in [-0.2, -0.15) is 0 Å². The van der Waals surface area contributed by atoms with E-state index in [-0.39, 0.29) is 18.2 Å². The highest BCUT2D eigenvalue weighted by molar-refractivity contribution is 7.92. The molecule has 6 nitrogen and oxygen atoms in total. The Kier molecular flexibility index (Phi) is 4.86. The van der Waals surface area contributed by atoms with Crippen LogP contribution in [0.4, 0.5) is 5.69 Å². The van der Waals surface area contributed by atoms with Crippen molar-refractivity contribution in [1.82, 2.24) is 0 Å². The van der Waals surface area contributed by atoms with Gasteiger partial charge < -0.3 is 14.6 Å². The van der Waals surface area contributed by atoms with Crippen molar-refractivity contribution in [3.05, 3.63) is 59.7 Å². The lowest BCUT2D eigenvalue weighted by Crippen LogP contribution is -2.33. The Morgan fingerprint density at radius 2 is 1.71 bits per heavy atom. The Labute approximate surface area is 141 Å². The number of aliphatic hydroxyl groups is 1. The van der Waals surface area contributed by atoms with E-state index in [1.807, 2.05) is 0 Å². The third kappa shape index (κ3) is 2.91. The number of methoxy groups -OCH3 is 1. The zero-order valence-corrected chi connectivity index (χ0v) is 14.1. The second-order valence-electron chi connectivity index (χ2n) is 5.38. The highest BCUT2D eigenvalue weighted by atomic mass is 32.2. The van der Waals surface area contributed by atoms with Crippen LogP contribution in [0.15, 0.2) is 53.4 Å². The summed E-state index contributed by atoms with van der Waals surface area (Å²) < 4.78 is 37.8. The SMILES string of the molecule is COCCOCN1c2ccccc2C(O)c2ccccc2S1(=O)=O. The molecule has 0 saturated heterocycles. The predicted octanol–water partition coefficient (Wildman–Crippen LogP) is 1.90. The number of nitrogens with zero attached hydrogens (tertiary/aromatic N) is 1. The minimum atomic E-state index is -3.85. The third-order valence-electron chi connectivity index (χ3n) is 3.92. The first kappa shape index (κ1) is 16.9. The van der Waals surface area contributed by atoms with Gasteiger partial charge in [0.15, 0.2) is 0 Å². The van der Waals surface area contributed by atoms with Gasteiger partial charge in [0.25, 0.3) is 10.0 Å². The fraction of sp³-hybridized carbons (Fsp3) is 0.294. The van der Waals surface area contributed by atoms with E-state index in [1.54, 1.807) is 49.6 Å². The average molecular weight is 349 g/mol. The van der Waals surface area contributed by atoms with E-state index < -0.39 is 16.1 Å². The maximum atomic E-state index is 13.1. The molecule has 1 aliphatic heterocycles. The Bertz CT molecular complexity index is 821. The van der Waals surface area contributed by atoms with Crippen molar-refractivity contribution < 1.29 is 23.0 Å². The van der Waals surface area contributed by atoms with Crippen molar-refractivity contribution in [3.63, 3.8) is 0 Å². The zero-order chi connectivity index (χ0) is 17.2. The molecule has 24 heavy (non-hydrogen) atoms. The molecule has 1 unspecified atom stereocenters. The van der Waals surface area contributed by atoms with Crippen LogP contribution in [0.5, 0.6) is 0 Å². The van der Waals surface area contributed by atoms with Crippen LogP contribution in [0.2, 0.25) is 0 Å². The summed E-state index contributed by atoms with van der Waals surface area (Å²) >= 11 is 0. The number of hydrogen-bond acceptors (Lipinski definition) is 5. The van der Waals surface area contributed by atoms with Crippen LogP contribution in [0.25, 0.3) is 0 Å². The first-order chi connectivity index (χ1) is 11.6. The summed E-state index contributed by atoms with van der Waals surface area (Å²) in [6.07, 6.45) is -1.02. The predicted molar refractivity (Wildman–Crippen MR) is 89.3 cm³/mol. The lowest BCUT2D eigenvalue weighted by Gasteiger charge is -2.24. The summed E-state index contributed by atoms with van der Waals surface area (Å²) in [5.41, 5.74) is 1.31. The highest BCUT2D eigenvalue weighted by Gasteiger charge is 2.35. The minimum absolute atomic E-state index is 0.0871. The molecule has 0 fully saturated rings. The fourth-order valence-corrected chi connectivity index (χ4v) is 4.34. The van der Waals surface area contributed by atoms with E-state index in [0.717, 1.165) is 0 Å². The first-order valence-corrected chi connectivity index (χ1v) is 8.96. The Morgan fingerprint density at radius 3 is 2.46 bits per heavy atom. The van der Waals surface area contributed by atoms with Crippen molar-refractivity contribution >= 4 is 15.7 Å². The van der Waals surface area contributed by atoms with Gasteiger partial charge in [0.2, 0.25) is 0 Å². The molecule has 128 valence electrons. The third-order valence-corrected chi connectivity index (χ3v) is 5.73. The molecule has 1 atom stereocenters. The number of rotatable bonds is 5. The van der Waals surface area contributed by atoms with Gasteiger partial charge in [0, 0.05) is 18.2 Å². The van der Waals surface area contributed by atoms with Crippen molar-refractivity contribution in [2.24, 2.45) is 0 Å². The molecule has 0 aliphatic carbocycles. The van der Waals surface area contributed by atoms with Crippen LogP contribution in [-0.2, 0) is 19.5 Å². The molecule has 1 aliphatic rings. The number of benzene rings is 2. The van der Waals surface area contributed by atoms with E-state index in [0.29, 0.717) is 23.4 Å². The number of hydrogen-bond donors (Lipinski definition) is 1. The van der Waals surface area contributed by atoms with E-state index >= 15 is 0 Å². The van der Waals surface area contributed by atoms with E-state index in [9.17, 15) is 13.5 Å². The Morgan fingerprint density at radius 1 is 1.04 bits per heavy atom. The maximum absolute atomic E-state index is 13.1. The highest BCUT2D eigenvalue weighted by Crippen LogP contribution is 2.40. The number of para-hydroxylation sites is 1. The summed E-state index contributed by atoms with van der Waals surface area (Å²) in [6.45, 7) is 0.493. The van der Waals surface area contributed by atoms with E-state index in [4.69, 9.17) is 9.47 Å². The molecule has 0 saturated carbocycles. The fourth-order valence-electron chi connectivity index (χ4n) is 2.73. The summed E-state index contributed by atoms with van der Waals surface area (Å²) in [5.74, 6) is 0. The van der Waals surface area contributed by atoms with Gasteiger partial charge in [-0.25, -0.2) is 12.7 Å². The minimum Gasteiger partial charge on any atom is -0.384 e. The summed E-state index contributed by atoms with van der Waals surface area (Å²) in [5, 5.41) is 10.7. The molecule has 3 rings (SSSR count). The summed E-state index contributed by atoms with van der Waals surface area (Å²) in [6, 6.07) is 13.4. The van der Waals surface area contributed by atoms with Crippen LogP contribution < -0.4 is 4.31 Å². The van der Waals surface area contributed by atoms with Gasteiger partial charge in [-0.1, -0.05) is 36.4 Å². The lowest BCUT2D eigenvalue weighted by atomic mass is 10.00. The molecule has 0 radical (unpaired) electrons. The second kappa shape index (κ2) is 6.90. The standard InChI is InChI=1S/C17H19NO5S/c1-22-10-11-23-12-18-15-8-4-2-6-13(15)17(19)14-7-3-5-9-16(14)24(18,20)21/h2-9,17,19H,10-12H2,1H3. The summed E-state index contributed by atoms with van der Waals surface area (Å²) in [7, 11) is -2.30. The van der Waals surface area contributed by atoms with Gasteiger partial charge in [-0.3, -0.25) is 0 Å². The number of aliphatic hydroxyl groups excluding tert-OH is 1. The van der Waals surface area contributed by atoms with E-state index in [1.165, 1.54) is 10.4 Å². The molecule has 1 N–H and O–H groups in total. The molecular weight excluding hydrogens is 330 g/mol. The van der Waals surface area contributed by atoms with Crippen LogP contribution in [0.3, 0.4) is 0 Å². The monoisotopic (exact) mass is 349 g/mol. The van der Waals surface area contributed by atoms with Gasteiger partial charge in [-0.05, 0) is 12.1 Å². The lowest BCUT2D eigenvalue weighted by molar-refractivity contribution is 0.0755. The van der Waals surface area contributed by atoms with Crippen molar-refractivity contribution in [2.75, 3.05) is 31.4 Å². The van der Waals surface area contributed by atoms with Crippen LogP contribution >= 0.6 is 0 Å². The first-order valence-electron chi connectivity index (χ1n) is 7.52. The molecule has 2 aromatic carbocycles. The maximum Gasteiger partial charge on any atom is 0.266 e. The quantitative estimate of drug-likeness (QED) is 0.835. The van der Waals surface area contributed by atoms with Crippen LogP contribution in [0.1, 0.15) is 17.2 Å². The smallest absolute Gasteiger partial charge is 0.266 e. The molecule has 0 amide bonds. The van der Waals surface area contributed by atoms with Crippen LogP contribution in [-0.4, -0.2) is 40.6 Å². The molecule has 0 bridgehead atoms. The molecule has 2 aromatic rings. The zero-order valence-electron chi connectivity index (χ0n) is 13.3. The number of sulfonamides is 1. The molecule has 0 spiro atoms. The Hall–Kier alpha value is -1.93. The average Bonchev–Trinajstić information content (AvgIpc) is 2.67. The number of fused-ring (bicyclic) bond motifs is 2. The van der Waals surface area contributed by atoms with Crippen molar-refractivity contribution in [2.45, 2.75) is 11.0 Å². The van der Waals surface area contributed by atoms with Crippen molar-refractivity contribution in [1.29, 1.82) is 0 Å². The molecular formula is C17H19NO5S. The molecule has 7 heteroatoms. The second-order valence-corrected chi connectivity index (χ2v) is 7.21. The number of anilines is 1. The van der Waals surface area contributed by atoms with Gasteiger partial charge in [0.1, 0.15) is 12.8 Å².